The number of nitrogens with zero attached hydrogens (tertiary/aromatic N) is 1. The second-order valence-corrected chi connectivity index (χ2v) is 7.17. The number of hydrogen-bond donors (Lipinski definition) is 4. The average Bonchev–Trinajstić information content (AvgIpc) is 2.76. The van der Waals surface area contributed by atoms with Gasteiger partial charge >= 0.3 is 12.0 Å². The van der Waals surface area contributed by atoms with Crippen LogP contribution in [-0.2, 0) is 11.3 Å². The standard InChI is InChI=1S/C23H21F2N3O5/c1-2-28-9-8-19(29)21(22(28)32)27-23(33)26-18(12-20(30)31)14-5-3-4-13(10-14)16-7-6-15(24)11-17(16)25/h3-11,18,29H,2,12H2,1H3,(H,30,31)(H2,26,27,33). The maximum atomic E-state index is 14.2. The molecule has 0 aliphatic rings. The van der Waals surface area contributed by atoms with E-state index in [1.165, 1.54) is 29.0 Å². The molecule has 0 spiro atoms. The van der Waals surface area contributed by atoms with Gasteiger partial charge in [0.15, 0.2) is 5.69 Å². The first-order valence-corrected chi connectivity index (χ1v) is 9.96. The molecule has 0 bridgehead atoms. The number of halogens is 2. The average molecular weight is 457 g/mol. The van der Waals surface area contributed by atoms with Gasteiger partial charge in [-0.05, 0) is 42.3 Å². The van der Waals surface area contributed by atoms with Crippen LogP contribution >= 0.6 is 0 Å². The van der Waals surface area contributed by atoms with Gasteiger partial charge in [0.2, 0.25) is 0 Å². The molecule has 0 saturated carbocycles. The quantitative estimate of drug-likeness (QED) is 0.429. The van der Waals surface area contributed by atoms with E-state index >= 15 is 0 Å². The molecule has 0 aliphatic heterocycles. The molecular formula is C23H21F2N3O5. The molecule has 3 aromatic rings. The van der Waals surface area contributed by atoms with E-state index < -0.39 is 47.4 Å². The van der Waals surface area contributed by atoms with Gasteiger partial charge in [-0.2, -0.15) is 0 Å². The first-order chi connectivity index (χ1) is 15.7. The predicted octanol–water partition coefficient (Wildman–Crippen LogP) is 3.86. The molecular weight excluding hydrogens is 436 g/mol. The molecule has 1 aromatic heterocycles. The number of pyridine rings is 1. The third-order valence-electron chi connectivity index (χ3n) is 4.94. The van der Waals surface area contributed by atoms with Crippen LogP contribution in [0.25, 0.3) is 11.1 Å². The van der Waals surface area contributed by atoms with Crippen molar-refractivity contribution in [3.8, 4) is 16.9 Å². The lowest BCUT2D eigenvalue weighted by Crippen LogP contribution is -2.36. The number of carbonyl (C=O) groups excluding carboxylic acids is 1. The van der Waals surface area contributed by atoms with Crippen LogP contribution in [0.5, 0.6) is 5.75 Å². The number of urea groups is 1. The van der Waals surface area contributed by atoms with E-state index in [1.807, 2.05) is 0 Å². The van der Waals surface area contributed by atoms with E-state index in [-0.39, 0.29) is 11.3 Å². The van der Waals surface area contributed by atoms with Crippen molar-refractivity contribution in [1.29, 1.82) is 0 Å². The Hall–Kier alpha value is -4.21. The number of carboxylic acids is 1. The molecule has 4 N–H and O–H groups in total. The summed E-state index contributed by atoms with van der Waals surface area (Å²) < 4.78 is 28.7. The van der Waals surface area contributed by atoms with Gasteiger partial charge in [0.05, 0.1) is 12.5 Å². The SMILES string of the molecule is CCn1ccc(O)c(NC(=O)NC(CC(=O)O)c2cccc(-c3ccc(F)cc3F)c2)c1=O. The molecule has 1 atom stereocenters. The largest absolute Gasteiger partial charge is 0.505 e. The Morgan fingerprint density at radius 1 is 1.12 bits per heavy atom. The summed E-state index contributed by atoms with van der Waals surface area (Å²) in [5, 5.41) is 24.0. The summed E-state index contributed by atoms with van der Waals surface area (Å²) in [6, 6.07) is 8.50. The van der Waals surface area contributed by atoms with E-state index in [0.717, 1.165) is 12.1 Å². The van der Waals surface area contributed by atoms with E-state index in [1.54, 1.807) is 25.1 Å². The van der Waals surface area contributed by atoms with Crippen LogP contribution in [-0.4, -0.2) is 26.8 Å². The number of hydrogen-bond acceptors (Lipinski definition) is 4. The minimum Gasteiger partial charge on any atom is -0.505 e. The number of anilines is 1. The number of aliphatic carboxylic acids is 1. The van der Waals surface area contributed by atoms with Gasteiger partial charge in [0.25, 0.3) is 5.56 Å². The molecule has 172 valence electrons. The first kappa shape index (κ1) is 23.5. The highest BCUT2D eigenvalue weighted by Crippen LogP contribution is 2.27. The molecule has 0 saturated heterocycles. The Balaban J connectivity index is 1.89. The van der Waals surface area contributed by atoms with Crippen LogP contribution < -0.4 is 16.2 Å². The highest BCUT2D eigenvalue weighted by molar-refractivity contribution is 5.91. The summed E-state index contributed by atoms with van der Waals surface area (Å²) >= 11 is 0. The molecule has 0 aliphatic carbocycles. The second kappa shape index (κ2) is 9.94. The minimum atomic E-state index is -1.21. The smallest absolute Gasteiger partial charge is 0.319 e. The van der Waals surface area contributed by atoms with Crippen LogP contribution in [0.2, 0.25) is 0 Å². The third-order valence-corrected chi connectivity index (χ3v) is 4.94. The van der Waals surface area contributed by atoms with E-state index in [2.05, 4.69) is 10.6 Å². The molecule has 33 heavy (non-hydrogen) atoms. The highest BCUT2D eigenvalue weighted by Gasteiger charge is 2.21. The van der Waals surface area contributed by atoms with Crippen molar-refractivity contribution in [2.24, 2.45) is 0 Å². The summed E-state index contributed by atoms with van der Waals surface area (Å²) in [5.74, 6) is -3.18. The molecule has 0 radical (unpaired) electrons. The Labute approximate surface area is 187 Å². The Morgan fingerprint density at radius 3 is 2.55 bits per heavy atom. The normalized spacial score (nSPS) is 11.6. The molecule has 10 heteroatoms. The van der Waals surface area contributed by atoms with Crippen LogP contribution in [0.4, 0.5) is 19.3 Å². The van der Waals surface area contributed by atoms with Crippen LogP contribution in [0.1, 0.15) is 24.9 Å². The third kappa shape index (κ3) is 5.53. The zero-order valence-electron chi connectivity index (χ0n) is 17.5. The Morgan fingerprint density at radius 2 is 1.88 bits per heavy atom. The summed E-state index contributed by atoms with van der Waals surface area (Å²) in [7, 11) is 0. The van der Waals surface area contributed by atoms with Crippen LogP contribution in [0.15, 0.2) is 59.5 Å². The molecule has 3 rings (SSSR count). The van der Waals surface area contributed by atoms with Gasteiger partial charge in [-0.15, -0.1) is 0 Å². The van der Waals surface area contributed by atoms with Gasteiger partial charge in [-0.25, -0.2) is 13.6 Å². The van der Waals surface area contributed by atoms with Crippen molar-refractivity contribution in [3.63, 3.8) is 0 Å². The highest BCUT2D eigenvalue weighted by atomic mass is 19.1. The van der Waals surface area contributed by atoms with Crippen molar-refractivity contribution in [3.05, 3.63) is 82.3 Å². The molecule has 0 fully saturated rings. The van der Waals surface area contributed by atoms with Gasteiger partial charge in [-0.1, -0.05) is 18.2 Å². The van der Waals surface area contributed by atoms with Gasteiger partial charge in [0, 0.05) is 24.4 Å². The van der Waals surface area contributed by atoms with E-state index in [9.17, 15) is 33.4 Å². The number of aromatic hydroxyl groups is 1. The van der Waals surface area contributed by atoms with Crippen LogP contribution in [0, 0.1) is 11.6 Å². The van der Waals surface area contributed by atoms with Crippen molar-refractivity contribution < 1.29 is 28.6 Å². The molecule has 1 unspecified atom stereocenters. The maximum absolute atomic E-state index is 14.2. The van der Waals surface area contributed by atoms with Gasteiger partial charge < -0.3 is 25.4 Å². The van der Waals surface area contributed by atoms with Crippen molar-refractivity contribution in [2.75, 3.05) is 5.32 Å². The van der Waals surface area contributed by atoms with Crippen molar-refractivity contribution >= 4 is 17.7 Å². The zero-order chi connectivity index (χ0) is 24.1. The fourth-order valence-corrected chi connectivity index (χ4v) is 3.31. The number of benzene rings is 2. The van der Waals surface area contributed by atoms with E-state index in [4.69, 9.17) is 0 Å². The summed E-state index contributed by atoms with van der Waals surface area (Å²) in [5.41, 5.74) is -0.179. The summed E-state index contributed by atoms with van der Waals surface area (Å²) in [6.45, 7) is 2.02. The van der Waals surface area contributed by atoms with E-state index in [0.29, 0.717) is 17.7 Å². The lowest BCUT2D eigenvalue weighted by atomic mass is 9.97. The molecule has 2 aromatic carbocycles. The number of nitrogens with one attached hydrogen (secondary N) is 2. The molecule has 1 heterocycles. The number of carbonyl (C=O) groups is 2. The van der Waals surface area contributed by atoms with Gasteiger partial charge in [-0.3, -0.25) is 9.59 Å². The second-order valence-electron chi connectivity index (χ2n) is 7.17. The Bertz CT molecular complexity index is 1260. The molecule has 8 nitrogen and oxygen atoms in total. The number of aryl methyl sites for hydroxylation is 1. The number of amides is 2. The van der Waals surface area contributed by atoms with Crippen molar-refractivity contribution in [2.45, 2.75) is 25.9 Å². The summed E-state index contributed by atoms with van der Waals surface area (Å²) in [4.78, 5) is 36.3. The van der Waals surface area contributed by atoms with Crippen molar-refractivity contribution in [1.82, 2.24) is 9.88 Å². The lowest BCUT2D eigenvalue weighted by molar-refractivity contribution is -0.137. The monoisotopic (exact) mass is 457 g/mol. The van der Waals surface area contributed by atoms with Crippen LogP contribution in [0.3, 0.4) is 0 Å². The maximum Gasteiger partial charge on any atom is 0.319 e. The van der Waals surface area contributed by atoms with Gasteiger partial charge in [0.1, 0.15) is 17.4 Å². The Kier molecular flexibility index (Phi) is 7.07. The number of aromatic nitrogens is 1. The topological polar surface area (TPSA) is 121 Å². The number of rotatable bonds is 7. The lowest BCUT2D eigenvalue weighted by Gasteiger charge is -2.19. The summed E-state index contributed by atoms with van der Waals surface area (Å²) in [6.07, 6.45) is 0.858. The predicted molar refractivity (Wildman–Crippen MR) is 117 cm³/mol. The minimum absolute atomic E-state index is 0.103. The first-order valence-electron chi connectivity index (χ1n) is 9.96. The zero-order valence-corrected chi connectivity index (χ0v) is 17.5. The number of carboxylic acid groups (broad SMARTS) is 1. The fraction of sp³-hybridized carbons (Fsp3) is 0.174. The fourth-order valence-electron chi connectivity index (χ4n) is 3.31. The molecule has 2 amide bonds.